The van der Waals surface area contributed by atoms with Crippen LogP contribution in [0.1, 0.15) is 51.8 Å². The summed E-state index contributed by atoms with van der Waals surface area (Å²) in [6, 6.07) is 13.5. The molecule has 2 aromatic rings. The van der Waals surface area contributed by atoms with Crippen molar-refractivity contribution in [3.63, 3.8) is 0 Å². The van der Waals surface area contributed by atoms with E-state index in [1.165, 1.54) is 17.2 Å². The summed E-state index contributed by atoms with van der Waals surface area (Å²) < 4.78 is 14.9. The molecule has 1 amide bonds. The van der Waals surface area contributed by atoms with Gasteiger partial charge in [-0.2, -0.15) is 0 Å². The fraction of sp³-hybridized carbons (Fsp3) is 0.480. The van der Waals surface area contributed by atoms with Crippen LogP contribution in [0.4, 0.5) is 4.39 Å². The highest BCUT2D eigenvalue weighted by Gasteiger charge is 2.47. The third kappa shape index (κ3) is 3.44. The molecular weight excluding hydrogens is 377 g/mol. The summed E-state index contributed by atoms with van der Waals surface area (Å²) in [6.45, 7) is 6.57. The van der Waals surface area contributed by atoms with Crippen molar-refractivity contribution in [2.24, 2.45) is 11.8 Å². The Balaban J connectivity index is 1.49. The van der Waals surface area contributed by atoms with Crippen LogP contribution in [0.3, 0.4) is 0 Å². The topological polar surface area (TPSA) is 44.4 Å². The van der Waals surface area contributed by atoms with Gasteiger partial charge in [-0.25, -0.2) is 4.39 Å². The lowest BCUT2D eigenvalue weighted by Crippen LogP contribution is -2.35. The molecule has 30 heavy (non-hydrogen) atoms. The second-order valence-corrected chi connectivity index (χ2v) is 9.10. The van der Waals surface area contributed by atoms with E-state index >= 15 is 0 Å². The van der Waals surface area contributed by atoms with Crippen LogP contribution in [0.2, 0.25) is 0 Å². The van der Waals surface area contributed by atoms with Gasteiger partial charge in [0.05, 0.1) is 11.6 Å². The van der Waals surface area contributed by atoms with Crippen molar-refractivity contribution in [1.29, 1.82) is 0 Å². The first-order valence-corrected chi connectivity index (χ1v) is 11.2. The number of fused-ring (bicyclic) bond motifs is 1. The van der Waals surface area contributed by atoms with Crippen LogP contribution in [0.15, 0.2) is 42.5 Å². The van der Waals surface area contributed by atoms with Crippen LogP contribution in [-0.4, -0.2) is 43.5 Å². The number of piperidine rings is 1. The van der Waals surface area contributed by atoms with Crippen molar-refractivity contribution in [3.8, 4) is 0 Å². The lowest BCUT2D eigenvalue weighted by atomic mass is 9.87. The number of carbonyl (C=O) groups excluding carboxylic acids is 1. The van der Waals surface area contributed by atoms with E-state index in [-0.39, 0.29) is 17.5 Å². The first-order chi connectivity index (χ1) is 14.6. The molecule has 5 rings (SSSR count). The minimum atomic E-state index is -0.406. The van der Waals surface area contributed by atoms with Crippen LogP contribution >= 0.6 is 0 Å². The molecule has 3 saturated heterocycles. The maximum absolute atomic E-state index is 14.9. The summed E-state index contributed by atoms with van der Waals surface area (Å²) in [6.07, 6.45) is 2.06. The lowest BCUT2D eigenvalue weighted by Gasteiger charge is -2.30. The van der Waals surface area contributed by atoms with E-state index in [4.69, 9.17) is 0 Å². The average molecular weight is 408 g/mol. The Bertz CT molecular complexity index is 940. The summed E-state index contributed by atoms with van der Waals surface area (Å²) in [5, 5.41) is 6.86. The molecule has 5 heteroatoms. The Morgan fingerprint density at radius 2 is 1.87 bits per heavy atom. The molecule has 158 valence electrons. The molecule has 0 unspecified atom stereocenters. The van der Waals surface area contributed by atoms with Gasteiger partial charge < -0.3 is 15.5 Å². The van der Waals surface area contributed by atoms with E-state index in [2.05, 4.69) is 29.7 Å². The molecule has 3 fully saturated rings. The van der Waals surface area contributed by atoms with Crippen LogP contribution in [0.5, 0.6) is 0 Å². The van der Waals surface area contributed by atoms with Crippen molar-refractivity contribution >= 4 is 5.91 Å². The van der Waals surface area contributed by atoms with Crippen molar-refractivity contribution in [2.75, 3.05) is 32.7 Å². The maximum atomic E-state index is 14.9. The van der Waals surface area contributed by atoms with Gasteiger partial charge in [-0.1, -0.05) is 30.3 Å². The van der Waals surface area contributed by atoms with E-state index in [1.54, 1.807) is 0 Å². The number of rotatable bonds is 3. The minimum Gasteiger partial charge on any atom is -0.331 e. The Hall–Kier alpha value is -2.24. The van der Waals surface area contributed by atoms with Gasteiger partial charge in [-0.15, -0.1) is 0 Å². The zero-order valence-electron chi connectivity index (χ0n) is 17.5. The van der Waals surface area contributed by atoms with Gasteiger partial charge >= 0.3 is 0 Å². The summed E-state index contributed by atoms with van der Waals surface area (Å²) in [7, 11) is 0. The van der Waals surface area contributed by atoms with Crippen LogP contribution in [-0.2, 0) is 0 Å². The van der Waals surface area contributed by atoms with Crippen molar-refractivity contribution in [1.82, 2.24) is 15.5 Å². The number of amides is 1. The summed E-state index contributed by atoms with van der Waals surface area (Å²) in [4.78, 5) is 15.6. The fourth-order valence-electron chi connectivity index (χ4n) is 5.72. The number of likely N-dealkylation sites (tertiary alicyclic amines) is 1. The molecule has 0 bridgehead atoms. The summed E-state index contributed by atoms with van der Waals surface area (Å²) in [5.74, 6) is 0.634. The predicted molar refractivity (Wildman–Crippen MR) is 116 cm³/mol. The van der Waals surface area contributed by atoms with Gasteiger partial charge in [-0.3, -0.25) is 4.79 Å². The molecule has 2 aromatic carbocycles. The van der Waals surface area contributed by atoms with Gasteiger partial charge in [0.1, 0.15) is 5.82 Å². The van der Waals surface area contributed by atoms with Crippen LogP contribution in [0.25, 0.3) is 0 Å². The van der Waals surface area contributed by atoms with E-state index in [9.17, 15) is 9.18 Å². The molecule has 3 heterocycles. The van der Waals surface area contributed by atoms with Gasteiger partial charge in [0, 0.05) is 25.6 Å². The average Bonchev–Trinajstić information content (AvgIpc) is 3.36. The van der Waals surface area contributed by atoms with Crippen molar-refractivity contribution < 1.29 is 9.18 Å². The van der Waals surface area contributed by atoms with Gasteiger partial charge in [0.25, 0.3) is 5.91 Å². The van der Waals surface area contributed by atoms with Crippen LogP contribution in [0, 0.1) is 24.6 Å². The standard InChI is InChI=1S/C25H30FN3O/c1-16-4-2-3-5-20(16)24-22-14-28-13-19(22)15-29(24)25(30)21-12-18(6-7-23(21)26)17-8-10-27-11-9-17/h2-7,12,17,19,22,24,27-28H,8-11,13-15H2,1H3/t19-,22-,24-/m0/s1. The second kappa shape index (κ2) is 8.12. The SMILES string of the molecule is Cc1ccccc1[C@H]1[C@H]2CNC[C@H]2CN1C(=O)c1cc(C2CCNCC2)ccc1F. The van der Waals surface area contributed by atoms with Crippen molar-refractivity contribution in [3.05, 3.63) is 70.5 Å². The highest BCUT2D eigenvalue weighted by molar-refractivity contribution is 5.95. The number of halogens is 1. The quantitative estimate of drug-likeness (QED) is 0.817. The Morgan fingerprint density at radius 3 is 2.67 bits per heavy atom. The van der Waals surface area contributed by atoms with Gasteiger partial charge in [0.15, 0.2) is 0 Å². The molecule has 2 N–H and O–H groups in total. The number of benzene rings is 2. The zero-order valence-corrected chi connectivity index (χ0v) is 17.5. The minimum absolute atomic E-state index is 0.000590. The predicted octanol–water partition coefficient (Wildman–Crippen LogP) is 3.63. The third-order valence-electron chi connectivity index (χ3n) is 7.36. The fourth-order valence-corrected chi connectivity index (χ4v) is 5.72. The number of nitrogens with zero attached hydrogens (tertiary/aromatic N) is 1. The number of nitrogens with one attached hydrogen (secondary N) is 2. The number of aryl methyl sites for hydroxylation is 1. The molecule has 4 nitrogen and oxygen atoms in total. The van der Waals surface area contributed by atoms with E-state index in [1.807, 2.05) is 29.2 Å². The molecule has 0 spiro atoms. The van der Waals surface area contributed by atoms with Gasteiger partial charge in [-0.05, 0) is 73.5 Å². The smallest absolute Gasteiger partial charge is 0.257 e. The molecule has 3 atom stereocenters. The molecule has 0 aromatic heterocycles. The number of carbonyl (C=O) groups is 1. The Labute approximate surface area is 177 Å². The monoisotopic (exact) mass is 407 g/mol. The lowest BCUT2D eigenvalue weighted by molar-refractivity contribution is 0.0708. The normalized spacial score (nSPS) is 26.7. The van der Waals surface area contributed by atoms with Gasteiger partial charge in [0.2, 0.25) is 0 Å². The summed E-state index contributed by atoms with van der Waals surface area (Å²) in [5.41, 5.74) is 3.71. The van der Waals surface area contributed by atoms with E-state index < -0.39 is 5.82 Å². The van der Waals surface area contributed by atoms with E-state index in [0.29, 0.717) is 24.3 Å². The number of hydrogen-bond donors (Lipinski definition) is 2. The summed E-state index contributed by atoms with van der Waals surface area (Å²) >= 11 is 0. The molecule has 3 aliphatic rings. The molecule has 0 saturated carbocycles. The second-order valence-electron chi connectivity index (χ2n) is 9.10. The third-order valence-corrected chi connectivity index (χ3v) is 7.36. The zero-order chi connectivity index (χ0) is 20.7. The first-order valence-electron chi connectivity index (χ1n) is 11.2. The molecule has 0 radical (unpaired) electrons. The largest absolute Gasteiger partial charge is 0.331 e. The van der Waals surface area contributed by atoms with E-state index in [0.717, 1.165) is 44.6 Å². The first kappa shape index (κ1) is 19.7. The Kier molecular flexibility index (Phi) is 5.34. The maximum Gasteiger partial charge on any atom is 0.257 e. The number of hydrogen-bond acceptors (Lipinski definition) is 3. The Morgan fingerprint density at radius 1 is 1.07 bits per heavy atom. The van der Waals surface area contributed by atoms with Crippen molar-refractivity contribution in [2.45, 2.75) is 31.7 Å². The van der Waals surface area contributed by atoms with Crippen LogP contribution < -0.4 is 10.6 Å². The molecule has 3 aliphatic heterocycles. The highest BCUT2D eigenvalue weighted by Crippen LogP contribution is 2.44. The molecular formula is C25H30FN3O. The molecule has 0 aliphatic carbocycles. The highest BCUT2D eigenvalue weighted by atomic mass is 19.1.